The zero-order valence-electron chi connectivity index (χ0n) is 17.6. The number of piperidine rings is 1. The number of hydrogen-bond acceptors (Lipinski definition) is 6. The molecule has 0 bridgehead atoms. The van der Waals surface area contributed by atoms with Crippen molar-refractivity contribution in [1.29, 1.82) is 0 Å². The second-order valence-corrected chi connectivity index (χ2v) is 7.59. The number of nitrogens with zero attached hydrogens (tertiary/aromatic N) is 4. The van der Waals surface area contributed by atoms with Crippen LogP contribution in [-0.2, 0) is 11.8 Å². The van der Waals surface area contributed by atoms with Gasteiger partial charge in [-0.2, -0.15) is 5.10 Å². The fourth-order valence-corrected chi connectivity index (χ4v) is 3.56. The number of ether oxygens (including phenoxy) is 1. The molecule has 1 fully saturated rings. The van der Waals surface area contributed by atoms with Crippen molar-refractivity contribution in [2.45, 2.75) is 26.2 Å². The van der Waals surface area contributed by atoms with E-state index in [1.807, 2.05) is 25.1 Å². The molecule has 3 heterocycles. The minimum Gasteiger partial charge on any atom is -0.484 e. The van der Waals surface area contributed by atoms with Crippen molar-refractivity contribution in [3.63, 3.8) is 0 Å². The maximum Gasteiger partial charge on any atom is 0.277 e. The summed E-state index contributed by atoms with van der Waals surface area (Å²) in [5.41, 5.74) is 2.34. The third kappa shape index (κ3) is 4.93. The molecule has 1 aromatic carbocycles. The van der Waals surface area contributed by atoms with E-state index in [0.29, 0.717) is 17.2 Å². The number of aryl methyl sites for hydroxylation is 2. The van der Waals surface area contributed by atoms with Crippen LogP contribution in [0, 0.1) is 6.92 Å². The van der Waals surface area contributed by atoms with Crippen molar-refractivity contribution in [2.24, 2.45) is 7.05 Å². The van der Waals surface area contributed by atoms with Crippen molar-refractivity contribution in [1.82, 2.24) is 19.8 Å². The van der Waals surface area contributed by atoms with Crippen LogP contribution >= 0.6 is 0 Å². The van der Waals surface area contributed by atoms with Crippen LogP contribution in [0.2, 0.25) is 0 Å². The fourth-order valence-electron chi connectivity index (χ4n) is 3.56. The Balaban J connectivity index is 1.32. The zero-order chi connectivity index (χ0) is 21.8. The van der Waals surface area contributed by atoms with E-state index in [2.05, 4.69) is 15.6 Å². The molecule has 0 unspecified atom stereocenters. The summed E-state index contributed by atoms with van der Waals surface area (Å²) in [5, 5.41) is 10.9. The summed E-state index contributed by atoms with van der Waals surface area (Å²) < 4.78 is 12.6. The smallest absolute Gasteiger partial charge is 0.277 e. The Kier molecular flexibility index (Phi) is 6.01. The first kappa shape index (κ1) is 20.6. The molecule has 1 saturated heterocycles. The van der Waals surface area contributed by atoms with Gasteiger partial charge < -0.3 is 19.5 Å². The minimum atomic E-state index is -0.384. The molecule has 2 amide bonds. The molecule has 2 aromatic heterocycles. The van der Waals surface area contributed by atoms with Gasteiger partial charge >= 0.3 is 0 Å². The van der Waals surface area contributed by atoms with Crippen molar-refractivity contribution in [3.8, 4) is 17.1 Å². The van der Waals surface area contributed by atoms with Crippen molar-refractivity contribution < 1.29 is 18.8 Å². The fraction of sp³-hybridized carbons (Fsp3) is 0.364. The standard InChI is InChI=1S/C22H25N5O4/c1-15-18(13-26(2)24-15)20-12-19(25-31-20)22(29)23-16-6-8-17(9-7-16)30-14-21(28)27-10-4-3-5-11-27/h6-9,12-13H,3-5,10-11,14H2,1-2H3,(H,23,29). The molecule has 4 rings (SSSR count). The summed E-state index contributed by atoms with van der Waals surface area (Å²) in [6.07, 6.45) is 5.09. The number of benzene rings is 1. The van der Waals surface area contributed by atoms with Crippen molar-refractivity contribution >= 4 is 17.5 Å². The van der Waals surface area contributed by atoms with Crippen LogP contribution in [-0.4, -0.2) is 51.3 Å². The summed E-state index contributed by atoms with van der Waals surface area (Å²) in [5.74, 6) is 0.672. The number of amides is 2. The van der Waals surface area contributed by atoms with Crippen LogP contribution in [0.1, 0.15) is 35.4 Å². The molecular weight excluding hydrogens is 398 g/mol. The molecule has 1 aliphatic rings. The third-order valence-electron chi connectivity index (χ3n) is 5.20. The summed E-state index contributed by atoms with van der Waals surface area (Å²) in [6, 6.07) is 8.44. The number of anilines is 1. The maximum atomic E-state index is 12.5. The normalized spacial score (nSPS) is 13.8. The topological polar surface area (TPSA) is 102 Å². The number of rotatable bonds is 6. The number of nitrogens with one attached hydrogen (secondary N) is 1. The first-order valence-corrected chi connectivity index (χ1v) is 10.3. The van der Waals surface area contributed by atoms with Gasteiger partial charge in [-0.15, -0.1) is 0 Å². The van der Waals surface area contributed by atoms with Gasteiger partial charge in [-0.1, -0.05) is 5.16 Å². The Hall–Kier alpha value is -3.62. The Morgan fingerprint density at radius 1 is 1.16 bits per heavy atom. The van der Waals surface area contributed by atoms with Gasteiger partial charge in [0.2, 0.25) is 0 Å². The molecule has 0 radical (unpaired) electrons. The molecule has 0 aliphatic carbocycles. The van der Waals surface area contributed by atoms with Crippen LogP contribution in [0.5, 0.6) is 5.75 Å². The Morgan fingerprint density at radius 2 is 1.90 bits per heavy atom. The van der Waals surface area contributed by atoms with Crippen LogP contribution in [0.25, 0.3) is 11.3 Å². The van der Waals surface area contributed by atoms with Gasteiger partial charge in [0.1, 0.15) is 5.75 Å². The summed E-state index contributed by atoms with van der Waals surface area (Å²) >= 11 is 0. The highest BCUT2D eigenvalue weighted by atomic mass is 16.5. The van der Waals surface area contributed by atoms with E-state index in [1.165, 1.54) is 6.42 Å². The first-order chi connectivity index (χ1) is 15.0. The maximum absolute atomic E-state index is 12.5. The zero-order valence-corrected chi connectivity index (χ0v) is 17.6. The van der Waals surface area contributed by atoms with E-state index in [1.54, 1.807) is 35.0 Å². The minimum absolute atomic E-state index is 0.00256. The first-order valence-electron chi connectivity index (χ1n) is 10.3. The number of carbonyl (C=O) groups is 2. The van der Waals surface area contributed by atoms with Gasteiger partial charge in [0.15, 0.2) is 18.1 Å². The number of carbonyl (C=O) groups excluding carboxylic acids is 2. The van der Waals surface area contributed by atoms with E-state index >= 15 is 0 Å². The summed E-state index contributed by atoms with van der Waals surface area (Å²) in [7, 11) is 1.82. The highest BCUT2D eigenvalue weighted by molar-refractivity contribution is 6.03. The molecule has 1 N–H and O–H groups in total. The largest absolute Gasteiger partial charge is 0.484 e. The molecule has 9 nitrogen and oxygen atoms in total. The van der Waals surface area contributed by atoms with Gasteiger partial charge in [0, 0.05) is 38.1 Å². The van der Waals surface area contributed by atoms with Crippen LogP contribution in [0.4, 0.5) is 5.69 Å². The van der Waals surface area contributed by atoms with Gasteiger partial charge in [-0.05, 0) is 50.5 Å². The van der Waals surface area contributed by atoms with E-state index in [0.717, 1.165) is 37.2 Å². The molecule has 0 saturated carbocycles. The van der Waals surface area contributed by atoms with Crippen LogP contribution in [0.3, 0.4) is 0 Å². The highest BCUT2D eigenvalue weighted by Crippen LogP contribution is 2.24. The lowest BCUT2D eigenvalue weighted by Gasteiger charge is -2.26. The molecular formula is C22H25N5O4. The van der Waals surface area contributed by atoms with E-state index < -0.39 is 0 Å². The van der Waals surface area contributed by atoms with Crippen LogP contribution in [0.15, 0.2) is 41.1 Å². The van der Waals surface area contributed by atoms with Gasteiger partial charge in [0.05, 0.1) is 11.3 Å². The lowest BCUT2D eigenvalue weighted by molar-refractivity contribution is -0.134. The molecule has 162 valence electrons. The number of hydrogen-bond donors (Lipinski definition) is 1. The molecule has 9 heteroatoms. The molecule has 1 aliphatic heterocycles. The Labute approximate surface area is 180 Å². The van der Waals surface area contributed by atoms with Gasteiger partial charge in [-0.25, -0.2) is 0 Å². The van der Waals surface area contributed by atoms with Crippen LogP contribution < -0.4 is 10.1 Å². The van der Waals surface area contributed by atoms with Crippen molar-refractivity contribution in [3.05, 3.63) is 47.9 Å². The number of aromatic nitrogens is 3. The SMILES string of the molecule is Cc1nn(C)cc1-c1cc(C(=O)Nc2ccc(OCC(=O)N3CCCCC3)cc2)no1. The highest BCUT2D eigenvalue weighted by Gasteiger charge is 2.18. The average Bonchev–Trinajstić information content (AvgIpc) is 3.39. The summed E-state index contributed by atoms with van der Waals surface area (Å²) in [6.45, 7) is 3.48. The van der Waals surface area contributed by atoms with Gasteiger partial charge in [0.25, 0.3) is 11.8 Å². The second-order valence-electron chi connectivity index (χ2n) is 7.59. The molecule has 0 atom stereocenters. The lowest BCUT2D eigenvalue weighted by atomic mass is 10.1. The van der Waals surface area contributed by atoms with Crippen molar-refractivity contribution in [2.75, 3.05) is 25.0 Å². The molecule has 3 aromatic rings. The molecule has 31 heavy (non-hydrogen) atoms. The predicted molar refractivity (Wildman–Crippen MR) is 114 cm³/mol. The number of likely N-dealkylation sites (tertiary alicyclic amines) is 1. The predicted octanol–water partition coefficient (Wildman–Crippen LogP) is 3.03. The lowest BCUT2D eigenvalue weighted by Crippen LogP contribution is -2.38. The van der Waals surface area contributed by atoms with E-state index in [4.69, 9.17) is 9.26 Å². The van der Waals surface area contributed by atoms with E-state index in [-0.39, 0.29) is 24.1 Å². The Morgan fingerprint density at radius 3 is 2.58 bits per heavy atom. The second kappa shape index (κ2) is 9.03. The van der Waals surface area contributed by atoms with Gasteiger partial charge in [-0.3, -0.25) is 14.3 Å². The van der Waals surface area contributed by atoms with E-state index in [9.17, 15) is 9.59 Å². The third-order valence-corrected chi connectivity index (χ3v) is 5.20. The molecule has 0 spiro atoms. The summed E-state index contributed by atoms with van der Waals surface area (Å²) in [4.78, 5) is 26.5. The average molecular weight is 423 g/mol. The quantitative estimate of drug-likeness (QED) is 0.654. The Bertz CT molecular complexity index is 1060. The monoisotopic (exact) mass is 423 g/mol.